The summed E-state index contributed by atoms with van der Waals surface area (Å²) in [7, 11) is 0. The van der Waals surface area contributed by atoms with E-state index in [1.807, 2.05) is 62.5 Å². The average Bonchev–Trinajstić information content (AvgIpc) is 2.53. The molecule has 0 atom stereocenters. The van der Waals surface area contributed by atoms with Gasteiger partial charge in [0.05, 0.1) is 12.3 Å². The Hall–Kier alpha value is -2.73. The third kappa shape index (κ3) is 4.13. The lowest BCUT2D eigenvalue weighted by Crippen LogP contribution is -2.00. The predicted molar refractivity (Wildman–Crippen MR) is 90.4 cm³/mol. The zero-order valence-electron chi connectivity index (χ0n) is 12.9. The summed E-state index contributed by atoms with van der Waals surface area (Å²) in [5.74, 6) is 3.77. The SMILES string of the molecule is C#CCOc1ccc(C=Nc2ccccc2C)cc1OCC. The molecule has 0 spiro atoms. The van der Waals surface area contributed by atoms with Gasteiger partial charge in [0.2, 0.25) is 0 Å². The quantitative estimate of drug-likeness (QED) is 0.591. The lowest BCUT2D eigenvalue weighted by Gasteiger charge is -2.10. The van der Waals surface area contributed by atoms with Crippen LogP contribution in [-0.4, -0.2) is 19.4 Å². The van der Waals surface area contributed by atoms with E-state index in [2.05, 4.69) is 10.9 Å². The van der Waals surface area contributed by atoms with E-state index in [1.165, 1.54) is 0 Å². The van der Waals surface area contributed by atoms with E-state index in [0.29, 0.717) is 18.1 Å². The minimum Gasteiger partial charge on any atom is -0.490 e. The largest absolute Gasteiger partial charge is 0.490 e. The van der Waals surface area contributed by atoms with Crippen LogP contribution in [0.15, 0.2) is 47.5 Å². The monoisotopic (exact) mass is 293 g/mol. The Bertz CT molecular complexity index is 699. The minimum atomic E-state index is 0.219. The van der Waals surface area contributed by atoms with Gasteiger partial charge in [0.15, 0.2) is 11.5 Å². The number of hydrogen-bond donors (Lipinski definition) is 0. The molecule has 2 aromatic carbocycles. The molecule has 0 aliphatic rings. The smallest absolute Gasteiger partial charge is 0.162 e. The molecule has 0 aliphatic heterocycles. The Balaban J connectivity index is 2.23. The van der Waals surface area contributed by atoms with Crippen LogP contribution >= 0.6 is 0 Å². The Kier molecular flexibility index (Phi) is 5.62. The maximum Gasteiger partial charge on any atom is 0.162 e. The van der Waals surface area contributed by atoms with Gasteiger partial charge in [0.1, 0.15) is 6.61 Å². The van der Waals surface area contributed by atoms with E-state index in [9.17, 15) is 0 Å². The first-order chi connectivity index (χ1) is 10.7. The summed E-state index contributed by atoms with van der Waals surface area (Å²) in [6.45, 7) is 4.75. The summed E-state index contributed by atoms with van der Waals surface area (Å²) in [6.07, 6.45) is 7.03. The molecule has 0 amide bonds. The van der Waals surface area contributed by atoms with Gasteiger partial charge in [-0.15, -0.1) is 6.42 Å². The van der Waals surface area contributed by atoms with Gasteiger partial charge in [0.25, 0.3) is 0 Å². The van der Waals surface area contributed by atoms with Crippen molar-refractivity contribution < 1.29 is 9.47 Å². The number of aliphatic imine (C=N–C) groups is 1. The Labute approximate surface area is 131 Å². The fraction of sp³-hybridized carbons (Fsp3) is 0.211. The van der Waals surface area contributed by atoms with Crippen molar-refractivity contribution in [1.82, 2.24) is 0 Å². The van der Waals surface area contributed by atoms with Gasteiger partial charge in [-0.05, 0) is 49.2 Å². The van der Waals surface area contributed by atoms with Crippen LogP contribution in [0.5, 0.6) is 11.5 Å². The van der Waals surface area contributed by atoms with Crippen molar-refractivity contribution in [3.05, 3.63) is 53.6 Å². The summed E-state index contributed by atoms with van der Waals surface area (Å²) < 4.78 is 11.1. The molecule has 0 aromatic heterocycles. The zero-order valence-corrected chi connectivity index (χ0v) is 12.9. The molecule has 0 unspecified atom stereocenters. The summed E-state index contributed by atoms with van der Waals surface area (Å²) >= 11 is 0. The second-order valence-electron chi connectivity index (χ2n) is 4.68. The van der Waals surface area contributed by atoms with Crippen molar-refractivity contribution in [2.24, 2.45) is 4.99 Å². The van der Waals surface area contributed by atoms with Crippen molar-refractivity contribution in [2.75, 3.05) is 13.2 Å². The topological polar surface area (TPSA) is 30.8 Å². The fourth-order valence-corrected chi connectivity index (χ4v) is 1.96. The Morgan fingerprint density at radius 3 is 2.68 bits per heavy atom. The molecule has 22 heavy (non-hydrogen) atoms. The van der Waals surface area contributed by atoms with Crippen LogP contribution in [-0.2, 0) is 0 Å². The highest BCUT2D eigenvalue weighted by Crippen LogP contribution is 2.28. The van der Waals surface area contributed by atoms with Crippen molar-refractivity contribution in [3.8, 4) is 23.8 Å². The van der Waals surface area contributed by atoms with Crippen LogP contribution in [0.1, 0.15) is 18.1 Å². The van der Waals surface area contributed by atoms with E-state index >= 15 is 0 Å². The number of ether oxygens (including phenoxy) is 2. The molecule has 0 radical (unpaired) electrons. The predicted octanol–water partition coefficient (Wildman–Crippen LogP) is 4.16. The fourth-order valence-electron chi connectivity index (χ4n) is 1.96. The normalized spacial score (nSPS) is 10.4. The van der Waals surface area contributed by atoms with E-state index in [-0.39, 0.29) is 6.61 Å². The molecule has 112 valence electrons. The first-order valence-electron chi connectivity index (χ1n) is 7.17. The molecule has 2 rings (SSSR count). The van der Waals surface area contributed by atoms with Gasteiger partial charge < -0.3 is 9.47 Å². The third-order valence-corrected chi connectivity index (χ3v) is 3.05. The van der Waals surface area contributed by atoms with Crippen LogP contribution in [0.2, 0.25) is 0 Å². The highest BCUT2D eigenvalue weighted by Gasteiger charge is 2.05. The Morgan fingerprint density at radius 2 is 1.95 bits per heavy atom. The van der Waals surface area contributed by atoms with Gasteiger partial charge in [-0.2, -0.15) is 0 Å². The number of rotatable bonds is 6. The van der Waals surface area contributed by atoms with Gasteiger partial charge >= 0.3 is 0 Å². The highest BCUT2D eigenvalue weighted by molar-refractivity contribution is 5.83. The van der Waals surface area contributed by atoms with Crippen LogP contribution in [0, 0.1) is 19.3 Å². The number of para-hydroxylation sites is 1. The number of nitrogens with zero attached hydrogens (tertiary/aromatic N) is 1. The molecule has 3 nitrogen and oxygen atoms in total. The second-order valence-corrected chi connectivity index (χ2v) is 4.68. The summed E-state index contributed by atoms with van der Waals surface area (Å²) in [5.41, 5.74) is 3.03. The number of benzene rings is 2. The van der Waals surface area contributed by atoms with Crippen LogP contribution in [0.25, 0.3) is 0 Å². The molecule has 0 fully saturated rings. The van der Waals surface area contributed by atoms with Crippen LogP contribution in [0.3, 0.4) is 0 Å². The van der Waals surface area contributed by atoms with Gasteiger partial charge in [-0.1, -0.05) is 24.1 Å². The van der Waals surface area contributed by atoms with E-state index in [1.54, 1.807) is 0 Å². The standard InChI is InChI=1S/C19H19NO2/c1-4-12-22-18-11-10-16(13-19(18)21-5-2)14-20-17-9-7-6-8-15(17)3/h1,6-11,13-14H,5,12H2,2-3H3. The lowest BCUT2D eigenvalue weighted by atomic mass is 10.2. The van der Waals surface area contributed by atoms with Crippen LogP contribution < -0.4 is 9.47 Å². The number of hydrogen-bond acceptors (Lipinski definition) is 3. The van der Waals surface area contributed by atoms with Crippen molar-refractivity contribution in [3.63, 3.8) is 0 Å². The van der Waals surface area contributed by atoms with Gasteiger partial charge in [-0.3, -0.25) is 4.99 Å². The average molecular weight is 293 g/mol. The number of aryl methyl sites for hydroxylation is 1. The molecule has 0 heterocycles. The maximum absolute atomic E-state index is 5.60. The minimum absolute atomic E-state index is 0.219. The molecule has 0 aliphatic carbocycles. The Morgan fingerprint density at radius 1 is 1.14 bits per heavy atom. The zero-order chi connectivity index (χ0) is 15.8. The molecular weight excluding hydrogens is 274 g/mol. The number of terminal acetylenes is 1. The summed E-state index contributed by atoms with van der Waals surface area (Å²) in [4.78, 5) is 4.52. The third-order valence-electron chi connectivity index (χ3n) is 3.05. The maximum atomic E-state index is 5.60. The molecule has 0 N–H and O–H groups in total. The molecule has 0 saturated heterocycles. The molecule has 0 bridgehead atoms. The van der Waals surface area contributed by atoms with Gasteiger partial charge in [-0.25, -0.2) is 0 Å². The van der Waals surface area contributed by atoms with E-state index in [0.717, 1.165) is 16.8 Å². The molecule has 2 aromatic rings. The first kappa shape index (κ1) is 15.7. The molecule has 3 heteroatoms. The highest BCUT2D eigenvalue weighted by atomic mass is 16.5. The second kappa shape index (κ2) is 7.90. The van der Waals surface area contributed by atoms with Gasteiger partial charge in [0, 0.05) is 6.21 Å². The van der Waals surface area contributed by atoms with Crippen molar-refractivity contribution in [1.29, 1.82) is 0 Å². The molecular formula is C19H19NO2. The lowest BCUT2D eigenvalue weighted by molar-refractivity contribution is 0.299. The first-order valence-corrected chi connectivity index (χ1v) is 7.17. The van der Waals surface area contributed by atoms with E-state index in [4.69, 9.17) is 15.9 Å². The molecule has 0 saturated carbocycles. The summed E-state index contributed by atoms with van der Waals surface area (Å²) in [6, 6.07) is 13.7. The summed E-state index contributed by atoms with van der Waals surface area (Å²) in [5, 5.41) is 0. The van der Waals surface area contributed by atoms with Crippen molar-refractivity contribution in [2.45, 2.75) is 13.8 Å². The van der Waals surface area contributed by atoms with Crippen molar-refractivity contribution >= 4 is 11.9 Å². The van der Waals surface area contributed by atoms with Crippen LogP contribution in [0.4, 0.5) is 5.69 Å². The van der Waals surface area contributed by atoms with E-state index < -0.39 is 0 Å².